The maximum atomic E-state index is 12.8. The topological polar surface area (TPSA) is 52.9 Å². The molecule has 0 heterocycles. The van der Waals surface area contributed by atoms with Crippen molar-refractivity contribution in [2.75, 3.05) is 0 Å². The second-order valence-corrected chi connectivity index (χ2v) is 6.75. The van der Waals surface area contributed by atoms with Gasteiger partial charge in [0.05, 0.1) is 17.2 Å². The maximum absolute atomic E-state index is 12.8. The zero-order valence-electron chi connectivity index (χ0n) is 14.6. The van der Waals surface area contributed by atoms with Gasteiger partial charge >= 0.3 is 0 Å². The SMILES string of the molecule is Cc1ccc(C#N)cc1C(=O)NC(C)(C)c1cccc2ccccc12. The number of aryl methyl sites for hydroxylation is 1. The molecule has 3 aromatic carbocycles. The number of benzene rings is 3. The van der Waals surface area contributed by atoms with Gasteiger partial charge in [-0.15, -0.1) is 0 Å². The van der Waals surface area contributed by atoms with Gasteiger partial charge < -0.3 is 5.32 Å². The zero-order valence-corrected chi connectivity index (χ0v) is 14.6. The highest BCUT2D eigenvalue weighted by atomic mass is 16.1. The lowest BCUT2D eigenvalue weighted by Crippen LogP contribution is -2.41. The Labute approximate surface area is 147 Å². The van der Waals surface area contributed by atoms with Crippen LogP contribution in [0.2, 0.25) is 0 Å². The summed E-state index contributed by atoms with van der Waals surface area (Å²) in [6, 6.07) is 21.5. The second-order valence-electron chi connectivity index (χ2n) is 6.75. The first-order chi connectivity index (χ1) is 11.9. The zero-order chi connectivity index (χ0) is 18.0. The van der Waals surface area contributed by atoms with Gasteiger partial charge in [0.15, 0.2) is 0 Å². The standard InChI is InChI=1S/C22H20N2O/c1-15-11-12-16(14-23)13-19(15)21(25)24-22(2,3)20-10-6-8-17-7-4-5-9-18(17)20/h4-13H,1-3H3,(H,24,25). The molecule has 124 valence electrons. The minimum absolute atomic E-state index is 0.174. The first kappa shape index (κ1) is 16.7. The third-order valence-corrected chi connectivity index (χ3v) is 4.50. The summed E-state index contributed by atoms with van der Waals surface area (Å²) < 4.78 is 0. The minimum Gasteiger partial charge on any atom is -0.343 e. The molecule has 0 aliphatic carbocycles. The average Bonchev–Trinajstić information content (AvgIpc) is 2.61. The van der Waals surface area contributed by atoms with Crippen LogP contribution in [0.15, 0.2) is 60.7 Å². The predicted octanol–water partition coefficient (Wildman–Crippen LogP) is 4.69. The van der Waals surface area contributed by atoms with Gasteiger partial charge in [0.25, 0.3) is 5.91 Å². The van der Waals surface area contributed by atoms with Crippen LogP contribution < -0.4 is 5.32 Å². The number of carbonyl (C=O) groups is 1. The second kappa shape index (κ2) is 6.41. The molecule has 1 amide bonds. The van der Waals surface area contributed by atoms with Crippen LogP contribution in [0, 0.1) is 18.3 Å². The Kier molecular flexibility index (Phi) is 4.29. The van der Waals surface area contributed by atoms with Crippen LogP contribution in [0.1, 0.15) is 40.9 Å². The van der Waals surface area contributed by atoms with Gasteiger partial charge in [-0.1, -0.05) is 48.5 Å². The predicted molar refractivity (Wildman–Crippen MR) is 100 cm³/mol. The van der Waals surface area contributed by atoms with Crippen LogP contribution in [0.4, 0.5) is 0 Å². The van der Waals surface area contributed by atoms with Gasteiger partial charge in [-0.3, -0.25) is 4.79 Å². The number of hydrogen-bond donors (Lipinski definition) is 1. The van der Waals surface area contributed by atoms with Crippen molar-refractivity contribution >= 4 is 16.7 Å². The number of nitrogens with zero attached hydrogens (tertiary/aromatic N) is 1. The molecule has 0 unspecified atom stereocenters. The van der Waals surface area contributed by atoms with Crippen LogP contribution in [0.5, 0.6) is 0 Å². The van der Waals surface area contributed by atoms with Crippen molar-refractivity contribution in [2.24, 2.45) is 0 Å². The van der Waals surface area contributed by atoms with Crippen LogP contribution in [-0.4, -0.2) is 5.91 Å². The lowest BCUT2D eigenvalue weighted by molar-refractivity contribution is 0.0912. The fraction of sp³-hybridized carbons (Fsp3) is 0.182. The molecule has 0 atom stereocenters. The van der Waals surface area contributed by atoms with Crippen molar-refractivity contribution in [3.05, 3.63) is 82.9 Å². The third-order valence-electron chi connectivity index (χ3n) is 4.50. The van der Waals surface area contributed by atoms with E-state index in [1.54, 1.807) is 18.2 Å². The van der Waals surface area contributed by atoms with Crippen molar-refractivity contribution in [3.63, 3.8) is 0 Å². The third kappa shape index (κ3) is 3.25. The molecule has 0 fully saturated rings. The molecule has 3 rings (SSSR count). The van der Waals surface area contributed by atoms with E-state index in [2.05, 4.69) is 29.6 Å². The van der Waals surface area contributed by atoms with E-state index < -0.39 is 5.54 Å². The highest BCUT2D eigenvalue weighted by molar-refractivity contribution is 5.97. The van der Waals surface area contributed by atoms with E-state index in [0.717, 1.165) is 21.9 Å². The Bertz CT molecular complexity index is 991. The summed E-state index contributed by atoms with van der Waals surface area (Å²) in [5.74, 6) is -0.174. The molecule has 3 heteroatoms. The molecule has 0 aromatic heterocycles. The Morgan fingerprint density at radius 2 is 1.76 bits per heavy atom. The van der Waals surface area contributed by atoms with Crippen molar-refractivity contribution in [1.82, 2.24) is 5.32 Å². The van der Waals surface area contributed by atoms with Gasteiger partial charge in [0, 0.05) is 5.56 Å². The van der Waals surface area contributed by atoms with E-state index in [4.69, 9.17) is 5.26 Å². The van der Waals surface area contributed by atoms with E-state index in [0.29, 0.717) is 11.1 Å². The highest BCUT2D eigenvalue weighted by Crippen LogP contribution is 2.29. The fourth-order valence-electron chi connectivity index (χ4n) is 3.13. The molecule has 0 aliphatic rings. The molecule has 25 heavy (non-hydrogen) atoms. The van der Waals surface area contributed by atoms with E-state index >= 15 is 0 Å². The van der Waals surface area contributed by atoms with Gasteiger partial charge in [-0.25, -0.2) is 0 Å². The maximum Gasteiger partial charge on any atom is 0.252 e. The first-order valence-corrected chi connectivity index (χ1v) is 8.24. The summed E-state index contributed by atoms with van der Waals surface area (Å²) in [5.41, 5.74) is 2.39. The molecule has 0 saturated carbocycles. The van der Waals surface area contributed by atoms with Gasteiger partial charge in [0.2, 0.25) is 0 Å². The molecule has 3 nitrogen and oxygen atoms in total. The highest BCUT2D eigenvalue weighted by Gasteiger charge is 2.26. The molecular formula is C22H20N2O. The van der Waals surface area contributed by atoms with Crippen LogP contribution in [0.25, 0.3) is 10.8 Å². The summed E-state index contributed by atoms with van der Waals surface area (Å²) >= 11 is 0. The number of carbonyl (C=O) groups excluding carboxylic acids is 1. The van der Waals surface area contributed by atoms with Gasteiger partial charge in [0.1, 0.15) is 0 Å². The first-order valence-electron chi connectivity index (χ1n) is 8.24. The van der Waals surface area contributed by atoms with Crippen LogP contribution in [0.3, 0.4) is 0 Å². The monoisotopic (exact) mass is 328 g/mol. The largest absolute Gasteiger partial charge is 0.343 e. The number of nitrogens with one attached hydrogen (secondary N) is 1. The van der Waals surface area contributed by atoms with E-state index in [-0.39, 0.29) is 5.91 Å². The van der Waals surface area contributed by atoms with E-state index in [1.165, 1.54) is 0 Å². The molecular weight excluding hydrogens is 308 g/mol. The number of amides is 1. The van der Waals surface area contributed by atoms with Gasteiger partial charge in [-0.05, 0) is 54.8 Å². The number of rotatable bonds is 3. The van der Waals surface area contributed by atoms with Crippen molar-refractivity contribution in [3.8, 4) is 6.07 Å². The number of hydrogen-bond acceptors (Lipinski definition) is 2. The summed E-state index contributed by atoms with van der Waals surface area (Å²) in [6.07, 6.45) is 0. The van der Waals surface area contributed by atoms with Crippen LogP contribution in [-0.2, 0) is 5.54 Å². The molecule has 3 aromatic rings. The molecule has 0 saturated heterocycles. The van der Waals surface area contributed by atoms with E-state index in [9.17, 15) is 4.79 Å². The Morgan fingerprint density at radius 3 is 2.52 bits per heavy atom. The minimum atomic E-state index is -0.549. The lowest BCUT2D eigenvalue weighted by Gasteiger charge is -2.28. The molecule has 1 N–H and O–H groups in total. The molecule has 0 spiro atoms. The summed E-state index contributed by atoms with van der Waals surface area (Å²) in [7, 11) is 0. The van der Waals surface area contributed by atoms with Crippen molar-refractivity contribution < 1.29 is 4.79 Å². The number of fused-ring (bicyclic) bond motifs is 1. The quantitative estimate of drug-likeness (QED) is 0.758. The van der Waals surface area contributed by atoms with Crippen LogP contribution >= 0.6 is 0 Å². The Balaban J connectivity index is 1.98. The average molecular weight is 328 g/mol. The molecule has 0 aliphatic heterocycles. The van der Waals surface area contributed by atoms with Gasteiger partial charge in [-0.2, -0.15) is 5.26 Å². The summed E-state index contributed by atoms with van der Waals surface area (Å²) in [4.78, 5) is 12.8. The Hall–Kier alpha value is -3.12. The number of nitriles is 1. The fourth-order valence-corrected chi connectivity index (χ4v) is 3.13. The normalized spacial score (nSPS) is 11.1. The summed E-state index contributed by atoms with van der Waals surface area (Å²) in [5, 5.41) is 14.5. The molecule has 0 radical (unpaired) electrons. The van der Waals surface area contributed by atoms with Crippen molar-refractivity contribution in [1.29, 1.82) is 5.26 Å². The smallest absolute Gasteiger partial charge is 0.252 e. The van der Waals surface area contributed by atoms with Crippen molar-refractivity contribution in [2.45, 2.75) is 26.3 Å². The summed E-state index contributed by atoms with van der Waals surface area (Å²) in [6.45, 7) is 5.87. The lowest BCUT2D eigenvalue weighted by atomic mass is 9.89. The Morgan fingerprint density at radius 1 is 1.04 bits per heavy atom. The van der Waals surface area contributed by atoms with E-state index in [1.807, 2.05) is 45.0 Å². The molecule has 0 bridgehead atoms.